The van der Waals surface area contributed by atoms with Gasteiger partial charge in [0.05, 0.1) is 12.1 Å². The summed E-state index contributed by atoms with van der Waals surface area (Å²) in [6.07, 6.45) is -0.948. The van der Waals surface area contributed by atoms with E-state index in [4.69, 9.17) is 14.2 Å². The molecule has 2 aromatic rings. The minimum atomic E-state index is -1.58. The maximum atomic E-state index is 13.0. The van der Waals surface area contributed by atoms with Gasteiger partial charge in [0.15, 0.2) is 0 Å². The number of fused-ring (bicyclic) bond motifs is 1. The number of nitrogens with zero attached hydrogens (tertiary/aromatic N) is 4. The summed E-state index contributed by atoms with van der Waals surface area (Å²) in [6.45, 7) is 3.60. The lowest BCUT2D eigenvalue weighted by Gasteiger charge is -2.33. The van der Waals surface area contributed by atoms with E-state index >= 15 is 0 Å². The molecule has 3 heterocycles. The number of anilines is 1. The minimum absolute atomic E-state index is 0.265. The van der Waals surface area contributed by atoms with Crippen molar-refractivity contribution in [3.05, 3.63) is 22.1 Å². The summed E-state index contributed by atoms with van der Waals surface area (Å²) < 4.78 is 17.7. The number of ether oxygens (including phenoxy) is 3. The number of rotatable bonds is 6. The lowest BCUT2D eigenvalue weighted by Crippen LogP contribution is -2.49. The molecule has 1 amide bonds. The van der Waals surface area contributed by atoms with Gasteiger partial charge in [-0.15, -0.1) is 5.92 Å². The highest BCUT2D eigenvalue weighted by Crippen LogP contribution is 2.28. The Kier molecular flexibility index (Phi) is 6.31. The van der Waals surface area contributed by atoms with E-state index in [2.05, 4.69) is 21.8 Å². The van der Waals surface area contributed by atoms with Crippen LogP contribution in [0.2, 0.25) is 0 Å². The smallest absolute Gasteiger partial charge is 0.407 e. The van der Waals surface area contributed by atoms with Gasteiger partial charge in [-0.25, -0.2) is 9.78 Å². The van der Waals surface area contributed by atoms with Gasteiger partial charge in [0, 0.05) is 47.5 Å². The Morgan fingerprint density at radius 3 is 2.40 bits per heavy atom. The Balaban J connectivity index is 2.11. The fraction of sp³-hybridized carbons (Fsp3) is 0.526. The van der Waals surface area contributed by atoms with E-state index in [1.54, 1.807) is 17.6 Å². The molecular weight excluding hydrogens is 394 g/mol. The monoisotopic (exact) mass is 419 g/mol. The molecule has 0 aromatic carbocycles. The zero-order valence-electron chi connectivity index (χ0n) is 17.4. The Morgan fingerprint density at radius 2 is 1.87 bits per heavy atom. The fourth-order valence-electron chi connectivity index (χ4n) is 3.55. The van der Waals surface area contributed by atoms with Crippen molar-refractivity contribution in [2.24, 2.45) is 0 Å². The van der Waals surface area contributed by atoms with E-state index in [1.165, 1.54) is 26.2 Å². The van der Waals surface area contributed by atoms with Crippen LogP contribution >= 0.6 is 0 Å². The number of piperazine rings is 1. The Morgan fingerprint density at radius 1 is 1.23 bits per heavy atom. The number of hydrogen-bond donors (Lipinski definition) is 2. The van der Waals surface area contributed by atoms with E-state index in [1.807, 2.05) is 4.90 Å². The van der Waals surface area contributed by atoms with Crippen LogP contribution < -0.4 is 10.5 Å². The summed E-state index contributed by atoms with van der Waals surface area (Å²) in [7, 11) is 4.20. The number of imidazole rings is 1. The molecule has 0 atom stereocenters. The second-order valence-corrected chi connectivity index (χ2v) is 6.60. The quantitative estimate of drug-likeness (QED) is 0.516. The van der Waals surface area contributed by atoms with Gasteiger partial charge in [0.1, 0.15) is 11.2 Å². The second-order valence-electron chi connectivity index (χ2n) is 6.60. The molecule has 1 aliphatic rings. The molecule has 0 radical (unpaired) electrons. The van der Waals surface area contributed by atoms with Crippen LogP contribution in [0.5, 0.6) is 0 Å². The summed E-state index contributed by atoms with van der Waals surface area (Å²) in [6, 6.07) is 1.64. The van der Waals surface area contributed by atoms with Crippen molar-refractivity contribution in [3.8, 4) is 11.8 Å². The van der Waals surface area contributed by atoms with Crippen LogP contribution in [-0.4, -0.2) is 78.1 Å². The first-order chi connectivity index (χ1) is 14.4. The van der Waals surface area contributed by atoms with Crippen molar-refractivity contribution in [3.63, 3.8) is 0 Å². The van der Waals surface area contributed by atoms with Crippen LogP contribution in [0, 0.1) is 11.8 Å². The van der Waals surface area contributed by atoms with Crippen LogP contribution in [0.25, 0.3) is 11.0 Å². The molecule has 1 saturated heterocycles. The van der Waals surface area contributed by atoms with E-state index in [0.29, 0.717) is 43.2 Å². The van der Waals surface area contributed by atoms with Gasteiger partial charge < -0.3 is 34.1 Å². The summed E-state index contributed by atoms with van der Waals surface area (Å²) in [4.78, 5) is 34.9. The van der Waals surface area contributed by atoms with Crippen molar-refractivity contribution < 1.29 is 24.1 Å². The van der Waals surface area contributed by atoms with Crippen molar-refractivity contribution in [2.75, 3.05) is 52.4 Å². The van der Waals surface area contributed by atoms with Crippen LogP contribution in [0.1, 0.15) is 12.6 Å². The van der Waals surface area contributed by atoms with Crippen molar-refractivity contribution >= 4 is 23.1 Å². The molecule has 0 unspecified atom stereocenters. The number of carbonyl (C=O) groups is 1. The first-order valence-electron chi connectivity index (χ1n) is 9.32. The maximum absolute atomic E-state index is 13.0. The lowest BCUT2D eigenvalue weighted by molar-refractivity contribution is -0.366. The maximum Gasteiger partial charge on any atom is 0.407 e. The third kappa shape index (κ3) is 3.72. The zero-order chi connectivity index (χ0) is 21.9. The van der Waals surface area contributed by atoms with Gasteiger partial charge in [-0.3, -0.25) is 9.36 Å². The molecule has 11 nitrogen and oxygen atoms in total. The number of aromatic nitrogens is 3. The summed E-state index contributed by atoms with van der Waals surface area (Å²) in [5.74, 6) is 4.78. The zero-order valence-corrected chi connectivity index (χ0v) is 17.4. The summed E-state index contributed by atoms with van der Waals surface area (Å²) >= 11 is 0. The summed E-state index contributed by atoms with van der Waals surface area (Å²) in [5.41, 5.74) is 0.659. The first-order valence-corrected chi connectivity index (χ1v) is 9.32. The molecule has 2 aromatic heterocycles. The van der Waals surface area contributed by atoms with Gasteiger partial charge >= 0.3 is 12.1 Å². The van der Waals surface area contributed by atoms with Crippen LogP contribution in [0.4, 0.5) is 10.7 Å². The minimum Gasteiger partial charge on any atom is -0.465 e. The molecule has 2 N–H and O–H groups in total. The highest BCUT2D eigenvalue weighted by molar-refractivity contribution is 5.78. The number of carboxylic acid groups (broad SMARTS) is 1. The summed E-state index contributed by atoms with van der Waals surface area (Å²) in [5, 5.41) is 9.18. The standard InChI is InChI=1S/C19H25N5O6/c1-5-6-7-24-15-13(12-14(21-16(15)25)19(28-2,29-3)30-4)20-17(24)22-8-10-23(11-9-22)18(26)27/h12H,7-11H2,1-4H3,(H,21,25)(H,26,27). The van der Waals surface area contributed by atoms with Crippen LogP contribution in [0.15, 0.2) is 10.9 Å². The molecule has 162 valence electrons. The van der Waals surface area contributed by atoms with Gasteiger partial charge in [-0.05, 0) is 13.0 Å². The molecule has 0 spiro atoms. The molecule has 1 fully saturated rings. The van der Waals surface area contributed by atoms with E-state index in [-0.39, 0.29) is 17.8 Å². The van der Waals surface area contributed by atoms with E-state index in [9.17, 15) is 14.7 Å². The molecule has 0 bridgehead atoms. The van der Waals surface area contributed by atoms with Crippen molar-refractivity contribution in [1.82, 2.24) is 19.4 Å². The predicted octanol–water partition coefficient (Wildman–Crippen LogP) is 0.597. The average molecular weight is 419 g/mol. The molecule has 1 aliphatic heterocycles. The molecule has 0 aliphatic carbocycles. The normalized spacial score (nSPS) is 14.7. The van der Waals surface area contributed by atoms with Gasteiger partial charge in [-0.1, -0.05) is 5.92 Å². The third-order valence-corrected chi connectivity index (χ3v) is 5.10. The van der Waals surface area contributed by atoms with Crippen LogP contribution in [-0.2, 0) is 26.7 Å². The highest BCUT2D eigenvalue weighted by atomic mass is 16.9. The van der Waals surface area contributed by atoms with E-state index in [0.717, 1.165) is 0 Å². The van der Waals surface area contributed by atoms with Crippen LogP contribution in [0.3, 0.4) is 0 Å². The number of methoxy groups -OCH3 is 3. The Labute approximate surface area is 173 Å². The Bertz CT molecular complexity index is 1030. The van der Waals surface area contributed by atoms with Crippen molar-refractivity contribution in [1.29, 1.82) is 0 Å². The molecule has 11 heteroatoms. The number of aromatic amines is 1. The number of hydrogen-bond acceptors (Lipinski definition) is 7. The second kappa shape index (κ2) is 8.74. The van der Waals surface area contributed by atoms with Gasteiger partial charge in [0.2, 0.25) is 5.95 Å². The highest BCUT2D eigenvalue weighted by Gasteiger charge is 2.35. The lowest BCUT2D eigenvalue weighted by atomic mass is 10.2. The largest absolute Gasteiger partial charge is 0.465 e. The first kappa shape index (κ1) is 21.6. The number of H-pyrrole nitrogens is 1. The van der Waals surface area contributed by atoms with E-state index < -0.39 is 12.1 Å². The van der Waals surface area contributed by atoms with Gasteiger partial charge in [-0.2, -0.15) is 0 Å². The molecule has 3 rings (SSSR count). The predicted molar refractivity (Wildman–Crippen MR) is 108 cm³/mol. The van der Waals surface area contributed by atoms with Gasteiger partial charge in [0.25, 0.3) is 5.56 Å². The average Bonchev–Trinajstić information content (AvgIpc) is 3.13. The molecule has 0 saturated carbocycles. The molecule has 30 heavy (non-hydrogen) atoms. The number of amides is 1. The topological polar surface area (TPSA) is 122 Å². The fourth-order valence-corrected chi connectivity index (χ4v) is 3.55. The number of pyridine rings is 1. The Hall–Kier alpha value is -3.07. The SMILES string of the molecule is CC#CCn1c(N2CCN(C(=O)O)CC2)nc2cc(C(OC)(OC)OC)[nH]c(=O)c21. The number of nitrogens with one attached hydrogen (secondary N) is 1. The molecular formula is C19H25N5O6. The van der Waals surface area contributed by atoms with Crippen molar-refractivity contribution in [2.45, 2.75) is 19.4 Å². The third-order valence-electron chi connectivity index (χ3n) is 5.10.